The Morgan fingerprint density at radius 3 is 1.72 bits per heavy atom. The van der Waals surface area contributed by atoms with E-state index in [4.69, 9.17) is 9.05 Å². The first-order chi connectivity index (χ1) is 22.5. The second-order valence-corrected chi connectivity index (χ2v) is 15.7. The maximum absolute atomic E-state index is 12.7. The minimum Gasteiger partial charge on any atom is -0.756 e. The molecule has 0 saturated heterocycles. The summed E-state index contributed by atoms with van der Waals surface area (Å²) in [6, 6.07) is -0.885. The van der Waals surface area contributed by atoms with Gasteiger partial charge in [0.1, 0.15) is 13.2 Å². The highest BCUT2D eigenvalue weighted by Crippen LogP contribution is 2.38. The lowest BCUT2D eigenvalue weighted by molar-refractivity contribution is -0.870. The van der Waals surface area contributed by atoms with Gasteiger partial charge in [0.2, 0.25) is 5.91 Å². The minimum atomic E-state index is -4.58. The van der Waals surface area contributed by atoms with E-state index in [0.717, 1.165) is 64.2 Å². The second kappa shape index (κ2) is 31.0. The van der Waals surface area contributed by atoms with E-state index in [2.05, 4.69) is 31.3 Å². The molecule has 0 aromatic heterocycles. The molecule has 9 heteroatoms. The van der Waals surface area contributed by atoms with Gasteiger partial charge >= 0.3 is 0 Å². The smallest absolute Gasteiger partial charge is 0.268 e. The van der Waals surface area contributed by atoms with E-state index in [9.17, 15) is 19.4 Å². The summed E-state index contributed by atoms with van der Waals surface area (Å²) in [5.41, 5.74) is 0. The third kappa shape index (κ3) is 33.3. The molecule has 0 bridgehead atoms. The Bertz CT molecular complexity index is 829. The quantitative estimate of drug-likeness (QED) is 0.0303. The number of nitrogens with one attached hydrogen (secondary N) is 1. The van der Waals surface area contributed by atoms with Crippen LogP contribution in [-0.2, 0) is 18.4 Å². The van der Waals surface area contributed by atoms with Crippen molar-refractivity contribution in [3.05, 3.63) is 24.3 Å². The minimum absolute atomic E-state index is 0.00203. The molecule has 8 nitrogen and oxygen atoms in total. The van der Waals surface area contributed by atoms with Crippen LogP contribution in [0.15, 0.2) is 24.3 Å². The largest absolute Gasteiger partial charge is 0.756 e. The van der Waals surface area contributed by atoms with Crippen molar-refractivity contribution in [1.82, 2.24) is 5.32 Å². The van der Waals surface area contributed by atoms with Crippen molar-refractivity contribution < 1.29 is 32.9 Å². The van der Waals surface area contributed by atoms with Crippen molar-refractivity contribution in [2.24, 2.45) is 0 Å². The Balaban J connectivity index is 4.55. The van der Waals surface area contributed by atoms with Crippen LogP contribution in [0.2, 0.25) is 0 Å². The summed E-state index contributed by atoms with van der Waals surface area (Å²) < 4.78 is 23.1. The van der Waals surface area contributed by atoms with E-state index in [1.165, 1.54) is 77.0 Å². The fraction of sp³-hybridized carbons (Fsp3) is 0.868. The standard InChI is InChI=1S/C38H75N2O6P/c1-6-8-10-12-14-16-18-19-20-22-23-25-27-29-31-37(41)36(35-46-47(43,44)45-34-33-40(3,4)5)39-38(42)32-30-28-26-24-21-17-15-13-11-9-7-2/h13,15,29,31,36-37,41H,6-12,14,16-28,30,32-35H2,1-5H3,(H-,39,42,43,44)/b15-13-,31-29+. The van der Waals surface area contributed by atoms with E-state index in [0.29, 0.717) is 17.4 Å². The first-order valence-corrected chi connectivity index (χ1v) is 20.7. The number of unbranched alkanes of at least 4 members (excludes halogenated alkanes) is 19. The molecule has 0 aromatic rings. The van der Waals surface area contributed by atoms with Gasteiger partial charge in [-0.05, 0) is 38.5 Å². The predicted molar refractivity (Wildman–Crippen MR) is 196 cm³/mol. The zero-order chi connectivity index (χ0) is 35.1. The monoisotopic (exact) mass is 687 g/mol. The van der Waals surface area contributed by atoms with Gasteiger partial charge in [-0.15, -0.1) is 0 Å². The Hall–Kier alpha value is -1.02. The molecule has 0 spiro atoms. The SMILES string of the molecule is CCCC/C=C\CCCCCCCC(=O)NC(COP(=O)([O-])OCC[N+](C)(C)C)C(O)/C=C/CCCCCCCCCCCCCC. The first kappa shape index (κ1) is 46.0. The molecule has 0 heterocycles. The molecular formula is C38H75N2O6P. The molecule has 1 amide bonds. The van der Waals surface area contributed by atoms with Crippen LogP contribution in [0, 0.1) is 0 Å². The van der Waals surface area contributed by atoms with Crippen molar-refractivity contribution in [2.45, 2.75) is 174 Å². The molecule has 47 heavy (non-hydrogen) atoms. The Morgan fingerprint density at radius 2 is 1.19 bits per heavy atom. The summed E-state index contributed by atoms with van der Waals surface area (Å²) >= 11 is 0. The third-order valence-corrected chi connectivity index (χ3v) is 9.37. The third-order valence-electron chi connectivity index (χ3n) is 8.41. The fourth-order valence-electron chi connectivity index (χ4n) is 5.25. The zero-order valence-electron chi connectivity index (χ0n) is 31.2. The van der Waals surface area contributed by atoms with Crippen molar-refractivity contribution in [3.63, 3.8) is 0 Å². The topological polar surface area (TPSA) is 108 Å². The summed E-state index contributed by atoms with van der Waals surface area (Å²) in [7, 11) is 1.25. The maximum atomic E-state index is 12.7. The molecule has 2 N–H and O–H groups in total. The number of amides is 1. The van der Waals surface area contributed by atoms with Crippen LogP contribution in [0.4, 0.5) is 0 Å². The molecule has 0 rings (SSSR count). The van der Waals surface area contributed by atoms with Crippen LogP contribution in [0.1, 0.15) is 162 Å². The van der Waals surface area contributed by atoms with Gasteiger partial charge in [0, 0.05) is 6.42 Å². The molecule has 0 aliphatic heterocycles. The lowest BCUT2D eigenvalue weighted by Crippen LogP contribution is -2.45. The van der Waals surface area contributed by atoms with Crippen LogP contribution in [0.5, 0.6) is 0 Å². The van der Waals surface area contributed by atoms with Gasteiger partial charge in [-0.3, -0.25) is 9.36 Å². The van der Waals surface area contributed by atoms with Gasteiger partial charge in [-0.1, -0.05) is 141 Å². The predicted octanol–water partition coefficient (Wildman–Crippen LogP) is 9.16. The van der Waals surface area contributed by atoms with Crippen molar-refractivity contribution >= 4 is 13.7 Å². The van der Waals surface area contributed by atoms with Crippen LogP contribution < -0.4 is 10.2 Å². The molecule has 0 aliphatic rings. The molecule has 3 atom stereocenters. The van der Waals surface area contributed by atoms with E-state index in [-0.39, 0.29) is 19.1 Å². The summed E-state index contributed by atoms with van der Waals surface area (Å²) in [6.07, 6.45) is 33.6. The molecule has 0 aliphatic carbocycles. The molecule has 0 saturated carbocycles. The molecule has 0 radical (unpaired) electrons. The average molecular weight is 687 g/mol. The Labute approximate surface area is 290 Å². The van der Waals surface area contributed by atoms with Crippen LogP contribution in [-0.4, -0.2) is 68.5 Å². The van der Waals surface area contributed by atoms with Crippen molar-refractivity contribution in [1.29, 1.82) is 0 Å². The van der Waals surface area contributed by atoms with E-state index in [1.807, 2.05) is 27.2 Å². The summed E-state index contributed by atoms with van der Waals surface area (Å²) in [4.78, 5) is 25.1. The lowest BCUT2D eigenvalue weighted by Gasteiger charge is -2.29. The van der Waals surface area contributed by atoms with E-state index >= 15 is 0 Å². The van der Waals surface area contributed by atoms with Gasteiger partial charge in [0.25, 0.3) is 7.82 Å². The highest BCUT2D eigenvalue weighted by molar-refractivity contribution is 7.45. The van der Waals surface area contributed by atoms with Crippen LogP contribution in [0.3, 0.4) is 0 Å². The lowest BCUT2D eigenvalue weighted by atomic mass is 10.0. The number of phosphoric acid groups is 1. The molecule has 278 valence electrons. The number of rotatable bonds is 34. The first-order valence-electron chi connectivity index (χ1n) is 19.2. The summed E-state index contributed by atoms with van der Waals surface area (Å²) in [6.45, 7) is 4.57. The zero-order valence-corrected chi connectivity index (χ0v) is 32.1. The highest BCUT2D eigenvalue weighted by Gasteiger charge is 2.23. The highest BCUT2D eigenvalue weighted by atomic mass is 31.2. The number of aliphatic hydroxyl groups is 1. The number of allylic oxidation sites excluding steroid dienone is 3. The van der Waals surface area contributed by atoms with Crippen LogP contribution >= 0.6 is 7.82 Å². The van der Waals surface area contributed by atoms with Gasteiger partial charge in [-0.25, -0.2) is 0 Å². The number of quaternary nitrogens is 1. The number of aliphatic hydroxyl groups excluding tert-OH is 1. The number of nitrogens with zero attached hydrogens (tertiary/aromatic N) is 1. The van der Waals surface area contributed by atoms with Gasteiger partial charge in [-0.2, -0.15) is 0 Å². The average Bonchev–Trinajstić information content (AvgIpc) is 3.01. The number of hydrogen-bond acceptors (Lipinski definition) is 6. The van der Waals surface area contributed by atoms with Crippen LogP contribution in [0.25, 0.3) is 0 Å². The normalized spacial score (nSPS) is 15.0. The van der Waals surface area contributed by atoms with Gasteiger partial charge in [0.15, 0.2) is 0 Å². The maximum Gasteiger partial charge on any atom is 0.268 e. The second-order valence-electron chi connectivity index (χ2n) is 14.3. The molecular weight excluding hydrogens is 611 g/mol. The van der Waals surface area contributed by atoms with E-state index < -0.39 is 20.0 Å². The number of likely N-dealkylation sites (N-methyl/N-ethyl adjacent to an activating group) is 1. The van der Waals surface area contributed by atoms with E-state index in [1.54, 1.807) is 6.08 Å². The number of phosphoric ester groups is 1. The summed E-state index contributed by atoms with van der Waals surface area (Å²) in [5.74, 6) is -0.211. The Morgan fingerprint density at radius 1 is 0.723 bits per heavy atom. The van der Waals surface area contributed by atoms with Gasteiger partial charge in [0.05, 0.1) is 39.9 Å². The molecule has 0 fully saturated rings. The fourth-order valence-corrected chi connectivity index (χ4v) is 5.97. The van der Waals surface area contributed by atoms with Gasteiger partial charge < -0.3 is 28.8 Å². The number of hydrogen-bond donors (Lipinski definition) is 2. The number of carbonyl (C=O) groups excluding carboxylic acids is 1. The Kier molecular flexibility index (Phi) is 30.3. The van der Waals surface area contributed by atoms with Crippen molar-refractivity contribution in [3.8, 4) is 0 Å². The summed E-state index contributed by atoms with van der Waals surface area (Å²) in [5, 5.41) is 13.7. The van der Waals surface area contributed by atoms with Crippen molar-refractivity contribution in [2.75, 3.05) is 40.9 Å². The molecule has 0 aromatic carbocycles. The number of carbonyl (C=O) groups is 1. The molecule has 3 unspecified atom stereocenters.